The zero-order chi connectivity index (χ0) is 110. The summed E-state index contributed by atoms with van der Waals surface area (Å²) >= 11 is 0. The van der Waals surface area contributed by atoms with Crippen LogP contribution in [0.25, 0.3) is 32.8 Å². The van der Waals surface area contributed by atoms with E-state index in [0.717, 1.165) is 11.1 Å². The molecule has 2 heterocycles. The number of nitrogens with zero attached hydrogens (tertiary/aromatic N) is 3. The number of aryl methyl sites for hydroxylation is 4. The van der Waals surface area contributed by atoms with Crippen molar-refractivity contribution in [1.82, 2.24) is 9.97 Å². The van der Waals surface area contributed by atoms with Gasteiger partial charge in [-0.05, 0) is 236 Å². The average molecular weight is 1890 g/mol. The maximum atomic E-state index is 12.5. The largest absolute Gasteiger partial charge is 0.265 e. The molecule has 0 aliphatic heterocycles. The Morgan fingerprint density at radius 1 is 0.273 bits per heavy atom. The Labute approximate surface area is 856 Å². The van der Waals surface area contributed by atoms with Gasteiger partial charge in [-0.15, -0.1) is 0 Å². The molecule has 0 aliphatic rings. The quantitative estimate of drug-likeness (QED) is 0.162. The van der Waals surface area contributed by atoms with Crippen LogP contribution < -0.4 is 5.19 Å². The van der Waals surface area contributed by atoms with Crippen LogP contribution in [0.4, 0.5) is 4.39 Å². The predicted molar refractivity (Wildman–Crippen MR) is 618 cm³/mol. The van der Waals surface area contributed by atoms with E-state index >= 15 is 0 Å². The number of pyridine rings is 2. The minimum atomic E-state index is -1.12. The van der Waals surface area contributed by atoms with Crippen LogP contribution in [0.15, 0.2) is 322 Å². The first-order valence-electron chi connectivity index (χ1n) is 52.4. The van der Waals surface area contributed by atoms with Gasteiger partial charge in [-0.2, -0.15) is 5.26 Å². The van der Waals surface area contributed by atoms with E-state index in [1.165, 1.54) is 123 Å². The second-order valence-electron chi connectivity index (χ2n) is 50.4. The first kappa shape index (κ1) is 112. The zero-order valence-electron chi connectivity index (χ0n) is 99.4. The summed E-state index contributed by atoms with van der Waals surface area (Å²) in [6.45, 7) is 94.6. The minimum Gasteiger partial charge on any atom is -0.265 e. The standard InChI is InChI=1S/C20H20.C14H22.C13H15N.C13H22Si.C12H18.C11H13N.2C11H16.C10H13F.C10H14.C9H13N/c1-20(2,3)19-14-17-12-8-7-11-16(17)13-18(19)15-9-5-4-6-10-15;1-13(2,3)11-7-9-12(10-8-11)14(4,5)6;1-13(2,3)11-8-9-14-12-7-5-4-6-10(11)12;1-13(2,3)11-7-9-12(10-8-11)14(4,5)6;1-9-6-10(2)8-11(7-9)12(3,4)5;1-11(2,3)10-6-4-9(8-12)5-7-10;1-9-5-7-10(8-6-9)11(2,3)4;1-9-6-5-7-10(8-9)11(2,3)4;1-10(2,3)8-4-6-9(11)7-5-8;1-10(2,3)9-7-5-4-6-8-9;1-9(2,3)8-4-6-10-7-5-8/h4-14H,1-3H3;7-10H,1-6H3;4-9H,1-3H3;7-10H,1-6H3;6-8H,1-5H3;4-7H,1-3H3;2*5-8H,1-4H3;4-7H,1-3H3;4-8H,1-3H3;4-7H,1-3H3/i;;;;;;;;;4D,5D,6D,7D,8D;. The Kier molecular flexibility index (Phi) is 41.4. The van der Waals surface area contributed by atoms with Crippen molar-refractivity contribution in [2.45, 2.75) is 362 Å². The van der Waals surface area contributed by atoms with E-state index in [-0.39, 0.29) is 95.6 Å². The van der Waals surface area contributed by atoms with Gasteiger partial charge < -0.3 is 0 Å². The number of hydrogen-bond donors (Lipinski definition) is 0. The summed E-state index contributed by atoms with van der Waals surface area (Å²) in [5, 5.41) is 14.0. The summed E-state index contributed by atoms with van der Waals surface area (Å²) in [4.78, 5) is 8.31. The molecule has 12 aromatic carbocycles. The molecule has 5 heteroatoms. The fourth-order valence-electron chi connectivity index (χ4n) is 14.5. The predicted octanol–water partition coefficient (Wildman–Crippen LogP) is 38.7. The van der Waals surface area contributed by atoms with Crippen molar-refractivity contribution in [3.05, 3.63) is 422 Å². The number of nitriles is 1. The van der Waals surface area contributed by atoms with Crippen LogP contribution in [0.3, 0.4) is 0 Å². The molecule has 0 saturated carbocycles. The molecule has 3 nitrogen and oxygen atoms in total. The smallest absolute Gasteiger partial charge is 0.123 e. The highest BCUT2D eigenvalue weighted by atomic mass is 28.3. The third-order valence-corrected chi connectivity index (χ3v) is 25.8. The molecule has 0 amide bonds. The molecule has 744 valence electrons. The van der Waals surface area contributed by atoms with E-state index in [9.17, 15) is 4.39 Å². The summed E-state index contributed by atoms with van der Waals surface area (Å²) in [7, 11) is -1.12. The molecule has 0 radical (unpaired) electrons. The summed E-state index contributed by atoms with van der Waals surface area (Å²) in [5.41, 5.74) is 27.3. The van der Waals surface area contributed by atoms with Crippen molar-refractivity contribution in [1.29, 1.82) is 5.26 Å². The van der Waals surface area contributed by atoms with Gasteiger partial charge >= 0.3 is 0 Å². The van der Waals surface area contributed by atoms with Crippen LogP contribution in [0.5, 0.6) is 0 Å². The monoisotopic (exact) mass is 1890 g/mol. The van der Waals surface area contributed by atoms with E-state index < -0.39 is 13.5 Å². The molecular weight excluding hydrogens is 1700 g/mol. The zero-order valence-corrected chi connectivity index (χ0v) is 95.4. The number of halogens is 1. The van der Waals surface area contributed by atoms with Crippen LogP contribution >= 0.6 is 0 Å². The normalized spacial score (nSPS) is 12.4. The van der Waals surface area contributed by atoms with Crippen molar-refractivity contribution in [3.8, 4) is 17.2 Å². The Balaban J connectivity index is 0.000000332. The highest BCUT2D eigenvalue weighted by Gasteiger charge is 2.25. The SMILES string of the molecule is CC(C)(C)c1cc2ccccc2cc1-c1ccccc1.CC(C)(C)c1ccc(C#N)cc1.CC(C)(C)c1ccc(C(C)(C)C)cc1.CC(C)(C)c1ccc(F)cc1.CC(C)(C)c1ccc([Si](C)(C)C)cc1.CC(C)(C)c1ccnc2ccccc12.CC(C)(C)c1ccncc1.Cc1cc(C)cc(C(C)(C)C)c1.Cc1ccc(C(C)(C)C)cc1.Cc1cccc(C(C)(C)C)c1.[2H]c1c([2H])c([2H])c(C(C)(C)C)c([2H])c1[2H]. The molecule has 139 heavy (non-hydrogen) atoms. The minimum absolute atomic E-state index is 0.103. The van der Waals surface area contributed by atoms with Crippen molar-refractivity contribution in [2.75, 3.05) is 0 Å². The van der Waals surface area contributed by atoms with Crippen molar-refractivity contribution in [2.24, 2.45) is 0 Å². The Bertz CT molecular complexity index is 6070. The van der Waals surface area contributed by atoms with Gasteiger partial charge in [0.2, 0.25) is 0 Å². The molecule has 0 saturated heterocycles. The number of rotatable bonds is 2. The van der Waals surface area contributed by atoms with Crippen LogP contribution in [-0.2, 0) is 65.0 Å². The Hall–Kier alpha value is -10.9. The average Bonchev–Trinajstić information content (AvgIpc) is 0.779. The van der Waals surface area contributed by atoms with E-state index in [2.05, 4.69) is 510 Å². The molecule has 14 aromatic rings. The van der Waals surface area contributed by atoms with Gasteiger partial charge in [-0.25, -0.2) is 4.39 Å². The first-order valence-corrected chi connectivity index (χ1v) is 53.4. The Morgan fingerprint density at radius 3 is 0.986 bits per heavy atom. The number of aromatic nitrogens is 2. The molecule has 0 aliphatic carbocycles. The van der Waals surface area contributed by atoms with Crippen LogP contribution in [-0.4, -0.2) is 18.0 Å². The van der Waals surface area contributed by atoms with Crippen molar-refractivity contribution >= 4 is 34.9 Å². The van der Waals surface area contributed by atoms with Crippen molar-refractivity contribution in [3.63, 3.8) is 0 Å². The highest BCUT2D eigenvalue weighted by molar-refractivity contribution is 6.88. The number of para-hydroxylation sites is 1. The van der Waals surface area contributed by atoms with Gasteiger partial charge in [0, 0.05) is 24.0 Å². The Morgan fingerprint density at radius 2 is 0.619 bits per heavy atom. The first-order chi connectivity index (χ1) is 65.8. The fraction of sp³-hybridized carbons (Fsp3) is 0.410. The lowest BCUT2D eigenvalue weighted by Crippen LogP contribution is -2.37. The van der Waals surface area contributed by atoms with Gasteiger partial charge in [0.1, 0.15) is 5.82 Å². The summed E-state index contributed by atoms with van der Waals surface area (Å²) in [6.07, 6.45) is 5.56. The molecule has 0 bridgehead atoms. The molecule has 0 N–H and O–H groups in total. The van der Waals surface area contributed by atoms with E-state index in [1.54, 1.807) is 5.19 Å². The molecule has 0 spiro atoms. The molecule has 0 unspecified atom stereocenters. The number of hydrogen-bond acceptors (Lipinski definition) is 3. The lowest BCUT2D eigenvalue weighted by Gasteiger charge is -2.24. The second kappa shape index (κ2) is 51.5. The maximum absolute atomic E-state index is 12.5. The van der Waals surface area contributed by atoms with Gasteiger partial charge in [-0.3, -0.25) is 9.97 Å². The molecule has 0 fully saturated rings. The van der Waals surface area contributed by atoms with Crippen molar-refractivity contribution < 1.29 is 11.2 Å². The third-order valence-electron chi connectivity index (χ3n) is 23.7. The van der Waals surface area contributed by atoms with E-state index in [0.29, 0.717) is 5.56 Å². The molecule has 2 aromatic heterocycles. The fourth-order valence-corrected chi connectivity index (χ4v) is 15.6. The van der Waals surface area contributed by atoms with Crippen LogP contribution in [0.2, 0.25) is 19.6 Å². The molecule has 14 rings (SSSR count). The number of benzene rings is 12. The second-order valence-corrected chi connectivity index (χ2v) is 55.5. The third kappa shape index (κ3) is 43.8. The van der Waals surface area contributed by atoms with Crippen LogP contribution in [0.1, 0.15) is 351 Å². The van der Waals surface area contributed by atoms with E-state index in [1.807, 2.05) is 81.8 Å². The van der Waals surface area contributed by atoms with E-state index in [4.69, 9.17) is 12.1 Å². The molecule has 0 atom stereocenters. The highest BCUT2D eigenvalue weighted by Crippen LogP contribution is 2.38. The summed E-state index contributed by atoms with van der Waals surface area (Å²) in [6, 6.07) is 96.3. The van der Waals surface area contributed by atoms with Gasteiger partial charge in [0.25, 0.3) is 0 Å². The molecular formula is C134H182FN3Si. The van der Waals surface area contributed by atoms with Crippen LogP contribution in [0, 0.1) is 44.8 Å². The maximum Gasteiger partial charge on any atom is 0.123 e. The van der Waals surface area contributed by atoms with Gasteiger partial charge in [0.05, 0.1) is 32.1 Å². The topological polar surface area (TPSA) is 49.6 Å². The lowest BCUT2D eigenvalue weighted by molar-refractivity contribution is 0.577. The van der Waals surface area contributed by atoms with Gasteiger partial charge in [-0.1, -0.05) is 545 Å². The number of fused-ring (bicyclic) bond motifs is 2. The van der Waals surface area contributed by atoms with Gasteiger partial charge in [0.15, 0.2) is 0 Å². The summed E-state index contributed by atoms with van der Waals surface area (Å²) in [5.74, 6) is -0.169. The summed E-state index contributed by atoms with van der Waals surface area (Å²) < 4.78 is 50.4. The lowest BCUT2D eigenvalue weighted by atomic mass is 9.80.